The van der Waals surface area contributed by atoms with E-state index in [1.54, 1.807) is 12.1 Å². The molecular formula is C22H18F3NO3. The Labute approximate surface area is 165 Å². The quantitative estimate of drug-likeness (QED) is 0.551. The van der Waals surface area contributed by atoms with Crippen molar-refractivity contribution in [2.75, 3.05) is 5.32 Å². The molecule has 0 saturated heterocycles. The molecule has 7 heteroatoms. The first kappa shape index (κ1) is 19.1. The van der Waals surface area contributed by atoms with Crippen LogP contribution in [0.3, 0.4) is 0 Å². The molecule has 2 N–H and O–H groups in total. The number of carboxylic acid groups (broad SMARTS) is 1. The second kappa shape index (κ2) is 7.31. The van der Waals surface area contributed by atoms with Gasteiger partial charge in [0.05, 0.1) is 18.0 Å². The van der Waals surface area contributed by atoms with E-state index in [0.717, 1.165) is 23.4 Å². The van der Waals surface area contributed by atoms with Crippen molar-refractivity contribution in [1.29, 1.82) is 0 Å². The minimum atomic E-state index is -4.36. The van der Waals surface area contributed by atoms with Gasteiger partial charge in [-0.3, -0.25) is 4.79 Å². The van der Waals surface area contributed by atoms with Crippen molar-refractivity contribution in [3.05, 3.63) is 77.6 Å². The lowest BCUT2D eigenvalue weighted by atomic mass is 10.1. The summed E-state index contributed by atoms with van der Waals surface area (Å²) in [4.78, 5) is 11.0. The maximum atomic E-state index is 12.7. The van der Waals surface area contributed by atoms with Crippen molar-refractivity contribution >= 4 is 11.7 Å². The predicted octanol–water partition coefficient (Wildman–Crippen LogP) is 5.77. The van der Waals surface area contributed by atoms with Crippen LogP contribution < -0.4 is 5.32 Å². The number of hydrogen-bond donors (Lipinski definition) is 2. The zero-order chi connectivity index (χ0) is 20.6. The van der Waals surface area contributed by atoms with Crippen molar-refractivity contribution in [1.82, 2.24) is 0 Å². The summed E-state index contributed by atoms with van der Waals surface area (Å²) in [6, 6.07) is 16.0. The maximum absolute atomic E-state index is 12.7. The van der Waals surface area contributed by atoms with E-state index in [9.17, 15) is 18.0 Å². The number of hydrogen-bond acceptors (Lipinski definition) is 3. The van der Waals surface area contributed by atoms with Crippen LogP contribution in [0, 0.1) is 5.92 Å². The van der Waals surface area contributed by atoms with E-state index in [2.05, 4.69) is 5.32 Å². The van der Waals surface area contributed by atoms with E-state index in [0.29, 0.717) is 30.0 Å². The van der Waals surface area contributed by atoms with Crippen LogP contribution in [0.25, 0.3) is 11.3 Å². The number of aliphatic carboxylic acids is 1. The first-order valence-electron chi connectivity index (χ1n) is 9.14. The lowest BCUT2D eigenvalue weighted by molar-refractivity contribution is -0.139. The zero-order valence-electron chi connectivity index (χ0n) is 15.2. The second-order valence-corrected chi connectivity index (χ2v) is 7.10. The number of furan rings is 1. The molecule has 0 bridgehead atoms. The summed E-state index contributed by atoms with van der Waals surface area (Å²) in [5, 5.41) is 12.2. The lowest BCUT2D eigenvalue weighted by Crippen LogP contribution is -2.03. The molecule has 4 nitrogen and oxygen atoms in total. The molecule has 1 aliphatic rings. The molecular weight excluding hydrogens is 383 g/mol. The van der Waals surface area contributed by atoms with E-state index < -0.39 is 17.7 Å². The number of benzene rings is 2. The van der Waals surface area contributed by atoms with E-state index in [4.69, 9.17) is 9.52 Å². The molecule has 4 rings (SSSR count). The van der Waals surface area contributed by atoms with Gasteiger partial charge in [0.2, 0.25) is 0 Å². The van der Waals surface area contributed by atoms with Crippen LogP contribution in [0.4, 0.5) is 18.9 Å². The predicted molar refractivity (Wildman–Crippen MR) is 101 cm³/mol. The molecule has 0 aliphatic heterocycles. The summed E-state index contributed by atoms with van der Waals surface area (Å²) in [5.41, 5.74) is 1.77. The SMILES string of the molecule is O=C(O)[C@H]1CC1c1ccc(NCc2ccc(-c3ccc(C(F)(F)F)cc3)o2)cc1. The highest BCUT2D eigenvalue weighted by atomic mass is 19.4. The van der Waals surface area contributed by atoms with Crippen molar-refractivity contribution in [2.45, 2.75) is 25.1 Å². The fourth-order valence-corrected chi connectivity index (χ4v) is 3.33. The van der Waals surface area contributed by atoms with Gasteiger partial charge < -0.3 is 14.8 Å². The first-order valence-corrected chi connectivity index (χ1v) is 9.14. The topological polar surface area (TPSA) is 62.5 Å². The van der Waals surface area contributed by atoms with E-state index in [1.807, 2.05) is 24.3 Å². The van der Waals surface area contributed by atoms with Crippen molar-refractivity contribution in [3.63, 3.8) is 0 Å². The number of nitrogens with one attached hydrogen (secondary N) is 1. The Morgan fingerprint density at radius 3 is 2.31 bits per heavy atom. The molecule has 150 valence electrons. The molecule has 29 heavy (non-hydrogen) atoms. The lowest BCUT2D eigenvalue weighted by Gasteiger charge is -2.07. The van der Waals surface area contributed by atoms with Crippen LogP contribution in [-0.4, -0.2) is 11.1 Å². The molecule has 3 aromatic rings. The summed E-state index contributed by atoms with van der Waals surface area (Å²) in [5.74, 6) is 0.216. The molecule has 1 aromatic heterocycles. The van der Waals surface area contributed by atoms with Gasteiger partial charge >= 0.3 is 12.1 Å². The third-order valence-electron chi connectivity index (χ3n) is 5.07. The third-order valence-corrected chi connectivity index (χ3v) is 5.07. The van der Waals surface area contributed by atoms with Crippen LogP contribution in [0.1, 0.15) is 29.2 Å². The molecule has 0 spiro atoms. The van der Waals surface area contributed by atoms with Gasteiger partial charge in [-0.05, 0) is 54.3 Å². The third kappa shape index (κ3) is 4.29. The molecule has 1 unspecified atom stereocenters. The molecule has 1 aliphatic carbocycles. The van der Waals surface area contributed by atoms with Gasteiger partial charge in [0.15, 0.2) is 0 Å². The zero-order valence-corrected chi connectivity index (χ0v) is 15.2. The van der Waals surface area contributed by atoms with Gasteiger partial charge in [0.1, 0.15) is 11.5 Å². The summed E-state index contributed by atoms with van der Waals surface area (Å²) in [6.45, 7) is 0.418. The van der Waals surface area contributed by atoms with Crippen molar-refractivity contribution in [2.24, 2.45) is 5.92 Å². The van der Waals surface area contributed by atoms with Crippen LogP contribution in [0.5, 0.6) is 0 Å². The second-order valence-electron chi connectivity index (χ2n) is 7.10. The number of rotatable bonds is 6. The molecule has 2 aromatic carbocycles. The van der Waals surface area contributed by atoms with Gasteiger partial charge in [-0.15, -0.1) is 0 Å². The highest BCUT2D eigenvalue weighted by molar-refractivity contribution is 5.75. The smallest absolute Gasteiger partial charge is 0.416 e. The average molecular weight is 401 g/mol. The highest BCUT2D eigenvalue weighted by Crippen LogP contribution is 2.47. The molecule has 1 heterocycles. The Balaban J connectivity index is 1.35. The van der Waals surface area contributed by atoms with Crippen molar-refractivity contribution in [3.8, 4) is 11.3 Å². The number of carbonyl (C=O) groups is 1. The van der Waals surface area contributed by atoms with Gasteiger partial charge in [-0.2, -0.15) is 13.2 Å². The van der Waals surface area contributed by atoms with Crippen LogP contribution in [0.15, 0.2) is 65.1 Å². The van der Waals surface area contributed by atoms with Crippen LogP contribution in [-0.2, 0) is 17.5 Å². The minimum absolute atomic E-state index is 0.0953. The van der Waals surface area contributed by atoms with Crippen LogP contribution >= 0.6 is 0 Å². The summed E-state index contributed by atoms with van der Waals surface area (Å²) in [6.07, 6.45) is -3.68. The first-order chi connectivity index (χ1) is 13.8. The normalized spacial score (nSPS) is 18.4. The van der Waals surface area contributed by atoms with E-state index in [1.165, 1.54) is 12.1 Å². The van der Waals surface area contributed by atoms with Gasteiger partial charge in [-0.1, -0.05) is 24.3 Å². The summed E-state index contributed by atoms with van der Waals surface area (Å²) in [7, 11) is 0. The number of carboxylic acids is 1. The number of alkyl halides is 3. The molecule has 2 atom stereocenters. The molecule has 0 radical (unpaired) electrons. The summed E-state index contributed by atoms with van der Waals surface area (Å²) >= 11 is 0. The Kier molecular flexibility index (Phi) is 4.82. The van der Waals surface area contributed by atoms with Crippen LogP contribution in [0.2, 0.25) is 0 Å². The number of anilines is 1. The maximum Gasteiger partial charge on any atom is 0.416 e. The van der Waals surface area contributed by atoms with E-state index in [-0.39, 0.29) is 11.8 Å². The molecule has 0 amide bonds. The Bertz CT molecular complexity index is 1010. The monoisotopic (exact) mass is 401 g/mol. The fourth-order valence-electron chi connectivity index (χ4n) is 3.33. The molecule has 1 fully saturated rings. The largest absolute Gasteiger partial charge is 0.481 e. The fraction of sp³-hybridized carbons (Fsp3) is 0.227. The Morgan fingerprint density at radius 2 is 1.72 bits per heavy atom. The van der Waals surface area contributed by atoms with Gasteiger partial charge in [0.25, 0.3) is 0 Å². The highest BCUT2D eigenvalue weighted by Gasteiger charge is 2.44. The number of halogens is 3. The standard InChI is InChI=1S/C22H18F3NO3/c23-22(24,25)15-5-1-14(2-6-15)20-10-9-17(29-20)12-26-16-7-3-13(4-8-16)18-11-19(18)21(27)28/h1-10,18-19,26H,11-12H2,(H,27,28)/t18?,19-/m0/s1. The average Bonchev–Trinajstić information content (AvgIpc) is 3.37. The van der Waals surface area contributed by atoms with E-state index >= 15 is 0 Å². The Morgan fingerprint density at radius 1 is 1.03 bits per heavy atom. The summed E-state index contributed by atoms with van der Waals surface area (Å²) < 4.78 is 43.7. The Hall–Kier alpha value is -3.22. The van der Waals surface area contributed by atoms with Gasteiger partial charge in [0, 0.05) is 11.3 Å². The van der Waals surface area contributed by atoms with Gasteiger partial charge in [-0.25, -0.2) is 0 Å². The van der Waals surface area contributed by atoms with Crippen molar-refractivity contribution < 1.29 is 27.5 Å². The molecule has 1 saturated carbocycles. The minimum Gasteiger partial charge on any atom is -0.481 e.